The van der Waals surface area contributed by atoms with Gasteiger partial charge in [-0.1, -0.05) is 26.3 Å². The van der Waals surface area contributed by atoms with Crippen LogP contribution in [0, 0.1) is 5.92 Å². The molecule has 0 aliphatic carbocycles. The van der Waals surface area contributed by atoms with Crippen LogP contribution in [0.1, 0.15) is 27.2 Å². The van der Waals surface area contributed by atoms with Crippen molar-refractivity contribution in [3.8, 4) is 5.75 Å². The molecule has 0 bridgehead atoms. The molecule has 0 saturated heterocycles. The Balaban J connectivity index is 2.55. The van der Waals surface area contributed by atoms with E-state index in [1.165, 1.54) is 18.2 Å². The summed E-state index contributed by atoms with van der Waals surface area (Å²) < 4.78 is 28.5. The third kappa shape index (κ3) is 5.85. The fraction of sp³-hybridized carbons (Fsp3) is 0.533. The number of ether oxygens (including phenoxy) is 1. The summed E-state index contributed by atoms with van der Waals surface area (Å²) in [5.41, 5.74) is -0.703. The van der Waals surface area contributed by atoms with Gasteiger partial charge in [-0.05, 0) is 25.0 Å². The number of carbonyl (C=O) groups is 1. The quantitative estimate of drug-likeness (QED) is 0.723. The van der Waals surface area contributed by atoms with Gasteiger partial charge in [0.2, 0.25) is 0 Å². The first-order valence-electron chi connectivity index (χ1n) is 7.06. The molecule has 7 heteroatoms. The van der Waals surface area contributed by atoms with Crippen LogP contribution < -0.4 is 15.4 Å². The third-order valence-electron chi connectivity index (χ3n) is 3.60. The standard InChI is InChI=1S/C15H22F2N2O3/c1-4-10(2)15(3,21)9-18-14(20)19-11-6-5-7-12(8-11)22-13(16)17/h5-8,10,13,21H,4,9H2,1-3H3,(H2,18,19,20). The number of urea groups is 1. The summed E-state index contributed by atoms with van der Waals surface area (Å²) in [5.74, 6) is -0.0185. The molecule has 0 aliphatic rings. The summed E-state index contributed by atoms with van der Waals surface area (Å²) in [5, 5.41) is 15.3. The zero-order valence-corrected chi connectivity index (χ0v) is 12.9. The molecule has 22 heavy (non-hydrogen) atoms. The van der Waals surface area contributed by atoms with Crippen molar-refractivity contribution in [3.05, 3.63) is 24.3 Å². The van der Waals surface area contributed by atoms with Crippen molar-refractivity contribution in [1.82, 2.24) is 5.32 Å². The van der Waals surface area contributed by atoms with E-state index < -0.39 is 18.2 Å². The van der Waals surface area contributed by atoms with E-state index in [-0.39, 0.29) is 18.2 Å². The van der Waals surface area contributed by atoms with Gasteiger partial charge in [-0.15, -0.1) is 0 Å². The van der Waals surface area contributed by atoms with Gasteiger partial charge < -0.3 is 20.5 Å². The monoisotopic (exact) mass is 316 g/mol. The zero-order chi connectivity index (χ0) is 16.8. The van der Waals surface area contributed by atoms with Gasteiger partial charge in [0.25, 0.3) is 0 Å². The Morgan fingerprint density at radius 1 is 1.45 bits per heavy atom. The third-order valence-corrected chi connectivity index (χ3v) is 3.60. The van der Waals surface area contributed by atoms with Crippen LogP contribution >= 0.6 is 0 Å². The minimum Gasteiger partial charge on any atom is -0.435 e. The molecule has 0 radical (unpaired) electrons. The van der Waals surface area contributed by atoms with Crippen molar-refractivity contribution in [2.75, 3.05) is 11.9 Å². The molecule has 0 aromatic heterocycles. The highest BCUT2D eigenvalue weighted by atomic mass is 19.3. The number of amides is 2. The zero-order valence-electron chi connectivity index (χ0n) is 12.9. The molecule has 1 rings (SSSR count). The number of aliphatic hydroxyl groups is 1. The first kappa shape index (κ1) is 18.2. The normalized spacial score (nSPS) is 15.0. The average Bonchev–Trinajstić information content (AvgIpc) is 2.44. The Morgan fingerprint density at radius 3 is 2.73 bits per heavy atom. The van der Waals surface area contributed by atoms with Gasteiger partial charge in [0.1, 0.15) is 5.75 Å². The van der Waals surface area contributed by atoms with Crippen LogP contribution in [0.2, 0.25) is 0 Å². The molecule has 2 unspecified atom stereocenters. The molecule has 0 fully saturated rings. The van der Waals surface area contributed by atoms with Crippen LogP contribution in [0.3, 0.4) is 0 Å². The average molecular weight is 316 g/mol. The van der Waals surface area contributed by atoms with E-state index in [2.05, 4.69) is 15.4 Å². The Bertz CT molecular complexity index is 495. The topological polar surface area (TPSA) is 70.6 Å². The largest absolute Gasteiger partial charge is 0.435 e. The fourth-order valence-corrected chi connectivity index (χ4v) is 1.80. The van der Waals surface area contributed by atoms with Crippen LogP contribution in [0.5, 0.6) is 5.75 Å². The number of carbonyl (C=O) groups excluding carboxylic acids is 1. The predicted molar refractivity (Wildman–Crippen MR) is 80.2 cm³/mol. The lowest BCUT2D eigenvalue weighted by molar-refractivity contribution is -0.0498. The van der Waals surface area contributed by atoms with Crippen LogP contribution in [-0.4, -0.2) is 29.9 Å². The van der Waals surface area contributed by atoms with Gasteiger partial charge in [0, 0.05) is 18.3 Å². The van der Waals surface area contributed by atoms with Crippen LogP contribution in [-0.2, 0) is 0 Å². The Kier molecular flexibility index (Phi) is 6.55. The number of hydrogen-bond acceptors (Lipinski definition) is 3. The molecular weight excluding hydrogens is 294 g/mol. The van der Waals surface area contributed by atoms with E-state index in [4.69, 9.17) is 0 Å². The molecule has 1 aromatic rings. The highest BCUT2D eigenvalue weighted by Crippen LogP contribution is 2.20. The van der Waals surface area contributed by atoms with Crippen molar-refractivity contribution in [2.24, 2.45) is 5.92 Å². The number of rotatable bonds is 7. The Hall–Kier alpha value is -1.89. The summed E-state index contributed by atoms with van der Waals surface area (Å²) >= 11 is 0. The molecule has 2 atom stereocenters. The number of halogens is 2. The van der Waals surface area contributed by atoms with Gasteiger partial charge in [-0.3, -0.25) is 0 Å². The van der Waals surface area contributed by atoms with Crippen molar-refractivity contribution >= 4 is 11.7 Å². The Labute approximate surface area is 128 Å². The molecule has 2 amide bonds. The molecule has 0 spiro atoms. The van der Waals surface area contributed by atoms with Gasteiger partial charge in [-0.25, -0.2) is 4.79 Å². The number of nitrogens with one attached hydrogen (secondary N) is 2. The summed E-state index contributed by atoms with van der Waals surface area (Å²) in [6.45, 7) is 2.66. The lowest BCUT2D eigenvalue weighted by Gasteiger charge is -2.29. The minimum absolute atomic E-state index is 0.0237. The summed E-state index contributed by atoms with van der Waals surface area (Å²) in [6.07, 6.45) is 0.781. The smallest absolute Gasteiger partial charge is 0.387 e. The van der Waals surface area contributed by atoms with Crippen LogP contribution in [0.15, 0.2) is 24.3 Å². The lowest BCUT2D eigenvalue weighted by atomic mass is 9.89. The van der Waals surface area contributed by atoms with Crippen LogP contribution in [0.25, 0.3) is 0 Å². The van der Waals surface area contributed by atoms with E-state index in [1.807, 2.05) is 13.8 Å². The molecule has 0 aliphatic heterocycles. The molecule has 0 heterocycles. The minimum atomic E-state index is -2.92. The number of anilines is 1. The fourth-order valence-electron chi connectivity index (χ4n) is 1.80. The van der Waals surface area contributed by atoms with Crippen molar-refractivity contribution in [3.63, 3.8) is 0 Å². The SMILES string of the molecule is CCC(C)C(C)(O)CNC(=O)Nc1cccc(OC(F)F)c1. The maximum Gasteiger partial charge on any atom is 0.387 e. The first-order valence-corrected chi connectivity index (χ1v) is 7.06. The van der Waals surface area contributed by atoms with E-state index in [0.717, 1.165) is 6.42 Å². The number of hydrogen-bond donors (Lipinski definition) is 3. The Morgan fingerprint density at radius 2 is 2.14 bits per heavy atom. The van der Waals surface area contributed by atoms with Gasteiger partial charge >= 0.3 is 12.6 Å². The second kappa shape index (κ2) is 7.93. The molecule has 0 saturated carbocycles. The van der Waals surface area contributed by atoms with Crippen molar-refractivity contribution in [2.45, 2.75) is 39.4 Å². The molecule has 1 aromatic carbocycles. The maximum absolute atomic E-state index is 12.1. The van der Waals surface area contributed by atoms with Gasteiger partial charge in [-0.2, -0.15) is 8.78 Å². The van der Waals surface area contributed by atoms with E-state index >= 15 is 0 Å². The molecule has 124 valence electrons. The highest BCUT2D eigenvalue weighted by molar-refractivity contribution is 5.89. The van der Waals surface area contributed by atoms with Gasteiger partial charge in [0.05, 0.1) is 5.60 Å². The van der Waals surface area contributed by atoms with Gasteiger partial charge in [0.15, 0.2) is 0 Å². The van der Waals surface area contributed by atoms with E-state index in [0.29, 0.717) is 5.69 Å². The number of benzene rings is 1. The second-order valence-corrected chi connectivity index (χ2v) is 5.38. The first-order chi connectivity index (χ1) is 10.2. The number of alkyl halides is 2. The summed E-state index contributed by atoms with van der Waals surface area (Å²) in [4.78, 5) is 11.8. The highest BCUT2D eigenvalue weighted by Gasteiger charge is 2.27. The lowest BCUT2D eigenvalue weighted by Crippen LogP contribution is -2.46. The second-order valence-electron chi connectivity index (χ2n) is 5.38. The summed E-state index contributed by atoms with van der Waals surface area (Å²) in [6, 6.07) is 5.16. The van der Waals surface area contributed by atoms with Crippen molar-refractivity contribution < 1.29 is 23.4 Å². The van der Waals surface area contributed by atoms with Crippen LogP contribution in [0.4, 0.5) is 19.3 Å². The molecule has 3 N–H and O–H groups in total. The maximum atomic E-state index is 12.1. The summed E-state index contributed by atoms with van der Waals surface area (Å²) in [7, 11) is 0. The molecule has 5 nitrogen and oxygen atoms in total. The van der Waals surface area contributed by atoms with E-state index in [9.17, 15) is 18.7 Å². The van der Waals surface area contributed by atoms with Crippen molar-refractivity contribution in [1.29, 1.82) is 0 Å². The van der Waals surface area contributed by atoms with E-state index in [1.54, 1.807) is 13.0 Å². The molecular formula is C15H22F2N2O3. The predicted octanol–water partition coefficient (Wildman–Crippen LogP) is 3.21.